The Labute approximate surface area is 111 Å². The van der Waals surface area contributed by atoms with Crippen molar-refractivity contribution in [1.82, 2.24) is 9.97 Å². The lowest BCUT2D eigenvalue weighted by Crippen LogP contribution is -2.05. The van der Waals surface area contributed by atoms with Gasteiger partial charge in [0.15, 0.2) is 0 Å². The predicted octanol–water partition coefficient (Wildman–Crippen LogP) is 3.20. The summed E-state index contributed by atoms with van der Waals surface area (Å²) < 4.78 is 13.7. The van der Waals surface area contributed by atoms with Gasteiger partial charge in [-0.2, -0.15) is 0 Å². The summed E-state index contributed by atoms with van der Waals surface area (Å²) in [5, 5.41) is 2.97. The van der Waals surface area contributed by atoms with Crippen LogP contribution < -0.4 is 11.1 Å². The van der Waals surface area contributed by atoms with Crippen molar-refractivity contribution in [1.29, 1.82) is 0 Å². The average Bonchev–Trinajstić information content (AvgIpc) is 2.34. The van der Waals surface area contributed by atoms with E-state index in [1.165, 1.54) is 6.07 Å². The number of aryl methyl sites for hydroxylation is 2. The molecule has 0 unspecified atom stereocenters. The Hall–Kier alpha value is -2.17. The van der Waals surface area contributed by atoms with Gasteiger partial charge in [-0.05, 0) is 25.0 Å². The predicted molar refractivity (Wildman–Crippen MR) is 74.9 cm³/mol. The molecule has 0 aliphatic rings. The van der Waals surface area contributed by atoms with Crippen LogP contribution in [-0.4, -0.2) is 9.97 Å². The molecule has 0 bridgehead atoms. The maximum atomic E-state index is 13.7. The van der Waals surface area contributed by atoms with Gasteiger partial charge in [-0.3, -0.25) is 0 Å². The number of para-hydroxylation sites is 1. The van der Waals surface area contributed by atoms with Gasteiger partial charge in [-0.1, -0.05) is 19.1 Å². The van der Waals surface area contributed by atoms with Crippen molar-refractivity contribution in [3.63, 3.8) is 0 Å². The van der Waals surface area contributed by atoms with Crippen molar-refractivity contribution in [2.24, 2.45) is 0 Å². The molecule has 2 aromatic rings. The minimum absolute atomic E-state index is 0.311. The number of hydrogen-bond donors (Lipinski definition) is 2. The van der Waals surface area contributed by atoms with Crippen LogP contribution in [0.4, 0.5) is 21.7 Å². The number of hydrogen-bond acceptors (Lipinski definition) is 4. The Morgan fingerprint density at radius 2 is 2.11 bits per heavy atom. The Bertz CT molecular complexity index is 563. The summed E-state index contributed by atoms with van der Waals surface area (Å²) in [4.78, 5) is 8.47. The zero-order valence-electron chi connectivity index (χ0n) is 11.1. The number of rotatable bonds is 4. The number of halogens is 1. The lowest BCUT2D eigenvalue weighted by molar-refractivity contribution is 0.630. The molecule has 0 spiro atoms. The molecule has 1 heterocycles. The molecular formula is C14H17FN4. The van der Waals surface area contributed by atoms with Crippen LogP contribution in [0.3, 0.4) is 0 Å². The molecule has 4 nitrogen and oxygen atoms in total. The van der Waals surface area contributed by atoms with Crippen LogP contribution in [0, 0.1) is 12.7 Å². The molecule has 0 fully saturated rings. The second-order valence-corrected chi connectivity index (χ2v) is 4.40. The molecule has 1 aromatic carbocycles. The van der Waals surface area contributed by atoms with Crippen LogP contribution in [0.25, 0.3) is 0 Å². The molecule has 1 aromatic heterocycles. The van der Waals surface area contributed by atoms with Gasteiger partial charge in [0.25, 0.3) is 0 Å². The van der Waals surface area contributed by atoms with Gasteiger partial charge < -0.3 is 11.1 Å². The number of anilines is 3. The fourth-order valence-electron chi connectivity index (χ4n) is 1.84. The second-order valence-electron chi connectivity index (χ2n) is 4.40. The van der Waals surface area contributed by atoms with E-state index in [0.29, 0.717) is 23.1 Å². The highest BCUT2D eigenvalue weighted by atomic mass is 19.1. The largest absolute Gasteiger partial charge is 0.384 e. The van der Waals surface area contributed by atoms with Gasteiger partial charge in [0, 0.05) is 12.5 Å². The van der Waals surface area contributed by atoms with E-state index in [-0.39, 0.29) is 5.82 Å². The van der Waals surface area contributed by atoms with E-state index in [1.54, 1.807) is 12.1 Å². The van der Waals surface area contributed by atoms with Gasteiger partial charge >= 0.3 is 0 Å². The van der Waals surface area contributed by atoms with E-state index in [1.807, 2.05) is 19.9 Å². The van der Waals surface area contributed by atoms with Crippen molar-refractivity contribution in [2.45, 2.75) is 26.7 Å². The molecule has 0 radical (unpaired) electrons. The first-order chi connectivity index (χ1) is 9.10. The van der Waals surface area contributed by atoms with Gasteiger partial charge in [0.2, 0.25) is 0 Å². The van der Waals surface area contributed by atoms with E-state index < -0.39 is 0 Å². The summed E-state index contributed by atoms with van der Waals surface area (Å²) in [6.07, 6.45) is 1.68. The van der Waals surface area contributed by atoms with Crippen LogP contribution in [0.2, 0.25) is 0 Å². The summed E-state index contributed by atoms with van der Waals surface area (Å²) in [5.74, 6) is 1.26. The molecule has 0 saturated heterocycles. The molecule has 0 aliphatic carbocycles. The first-order valence-corrected chi connectivity index (χ1v) is 6.25. The zero-order valence-corrected chi connectivity index (χ0v) is 11.1. The first-order valence-electron chi connectivity index (χ1n) is 6.25. The third-order valence-corrected chi connectivity index (χ3v) is 2.74. The molecule has 2 rings (SSSR count). The fourth-order valence-corrected chi connectivity index (χ4v) is 1.84. The maximum absolute atomic E-state index is 13.7. The summed E-state index contributed by atoms with van der Waals surface area (Å²) in [6, 6.07) is 6.52. The smallest absolute Gasteiger partial charge is 0.146 e. The monoisotopic (exact) mass is 260 g/mol. The van der Waals surface area contributed by atoms with E-state index in [0.717, 1.165) is 18.4 Å². The third kappa shape index (κ3) is 3.19. The number of nitrogen functional groups attached to an aromatic ring is 1. The van der Waals surface area contributed by atoms with Crippen molar-refractivity contribution < 1.29 is 4.39 Å². The number of nitrogens with two attached hydrogens (primary N) is 1. The first kappa shape index (κ1) is 13.3. The van der Waals surface area contributed by atoms with E-state index in [9.17, 15) is 4.39 Å². The molecular weight excluding hydrogens is 243 g/mol. The highest BCUT2D eigenvalue weighted by molar-refractivity contribution is 5.62. The highest BCUT2D eigenvalue weighted by Gasteiger charge is 2.08. The van der Waals surface area contributed by atoms with Crippen LogP contribution in [0.5, 0.6) is 0 Å². The fraction of sp³-hybridized carbons (Fsp3) is 0.286. The highest BCUT2D eigenvalue weighted by Crippen LogP contribution is 2.23. The van der Waals surface area contributed by atoms with Gasteiger partial charge in [-0.25, -0.2) is 14.4 Å². The minimum Gasteiger partial charge on any atom is -0.384 e. The quantitative estimate of drug-likeness (QED) is 0.886. The van der Waals surface area contributed by atoms with Crippen LogP contribution >= 0.6 is 0 Å². The minimum atomic E-state index is -0.311. The van der Waals surface area contributed by atoms with Crippen molar-refractivity contribution in [2.75, 3.05) is 11.1 Å². The van der Waals surface area contributed by atoms with Crippen LogP contribution in [0.1, 0.15) is 24.7 Å². The Kier molecular flexibility index (Phi) is 3.94. The van der Waals surface area contributed by atoms with E-state index in [4.69, 9.17) is 5.73 Å². The molecule has 0 atom stereocenters. The molecule has 0 aliphatic heterocycles. The van der Waals surface area contributed by atoms with Crippen molar-refractivity contribution in [3.8, 4) is 0 Å². The number of aromatic nitrogens is 2. The molecule has 19 heavy (non-hydrogen) atoms. The van der Waals surface area contributed by atoms with Crippen molar-refractivity contribution in [3.05, 3.63) is 41.5 Å². The average molecular weight is 260 g/mol. The maximum Gasteiger partial charge on any atom is 0.146 e. The van der Waals surface area contributed by atoms with Gasteiger partial charge in [0.05, 0.1) is 5.69 Å². The summed E-state index contributed by atoms with van der Waals surface area (Å²) >= 11 is 0. The standard InChI is InChI=1S/C14H17FN4/c1-3-5-12-17-11(16)8-13(18-12)19-14-9(2)6-4-7-10(14)15/h4,6-8H,3,5H2,1-2H3,(H3,16,17,18,19). The van der Waals surface area contributed by atoms with Crippen LogP contribution in [-0.2, 0) is 6.42 Å². The number of nitrogens with one attached hydrogen (secondary N) is 1. The lowest BCUT2D eigenvalue weighted by atomic mass is 10.2. The van der Waals surface area contributed by atoms with Gasteiger partial charge in [-0.15, -0.1) is 0 Å². The topological polar surface area (TPSA) is 63.8 Å². The Balaban J connectivity index is 2.33. The van der Waals surface area contributed by atoms with E-state index in [2.05, 4.69) is 15.3 Å². The molecule has 0 saturated carbocycles. The van der Waals surface area contributed by atoms with Crippen molar-refractivity contribution >= 4 is 17.3 Å². The van der Waals surface area contributed by atoms with Crippen LogP contribution in [0.15, 0.2) is 24.3 Å². The number of nitrogens with zero attached hydrogens (tertiary/aromatic N) is 2. The lowest BCUT2D eigenvalue weighted by Gasteiger charge is -2.11. The van der Waals surface area contributed by atoms with Gasteiger partial charge in [0.1, 0.15) is 23.3 Å². The van der Waals surface area contributed by atoms with E-state index >= 15 is 0 Å². The summed E-state index contributed by atoms with van der Waals surface area (Å²) in [7, 11) is 0. The number of benzene rings is 1. The summed E-state index contributed by atoms with van der Waals surface area (Å²) in [6.45, 7) is 3.88. The second kappa shape index (κ2) is 5.65. The summed E-state index contributed by atoms with van der Waals surface area (Å²) in [5.41, 5.74) is 6.97. The SMILES string of the molecule is CCCc1nc(N)cc(Nc2c(C)cccc2F)n1. The third-order valence-electron chi connectivity index (χ3n) is 2.74. The molecule has 5 heteroatoms. The molecule has 0 amide bonds. The normalized spacial score (nSPS) is 10.5. The Morgan fingerprint density at radius 1 is 1.32 bits per heavy atom. The molecule has 3 N–H and O–H groups in total. The zero-order chi connectivity index (χ0) is 13.8. The molecule has 100 valence electrons. The Morgan fingerprint density at radius 3 is 2.79 bits per heavy atom.